The molecule has 25 heavy (non-hydrogen) atoms. The predicted molar refractivity (Wildman–Crippen MR) is 99.6 cm³/mol. The van der Waals surface area contributed by atoms with Gasteiger partial charge in [0, 0.05) is 44.8 Å². The van der Waals surface area contributed by atoms with Crippen molar-refractivity contribution < 1.29 is 9.21 Å². The Balaban J connectivity index is 1.61. The molecule has 1 atom stereocenters. The van der Waals surface area contributed by atoms with E-state index in [2.05, 4.69) is 39.4 Å². The summed E-state index contributed by atoms with van der Waals surface area (Å²) in [4.78, 5) is 16.7. The number of nitrogens with one attached hydrogen (secondary N) is 1. The first-order valence-electron chi connectivity index (χ1n) is 9.12. The molecule has 1 aliphatic rings. The number of piperazine rings is 1. The van der Waals surface area contributed by atoms with Gasteiger partial charge in [0.2, 0.25) is 5.91 Å². The van der Waals surface area contributed by atoms with Gasteiger partial charge >= 0.3 is 0 Å². The van der Waals surface area contributed by atoms with E-state index in [-0.39, 0.29) is 11.9 Å². The number of para-hydroxylation sites is 1. The number of anilines is 1. The van der Waals surface area contributed by atoms with Crippen LogP contribution in [0, 0.1) is 0 Å². The Morgan fingerprint density at radius 1 is 1.12 bits per heavy atom. The number of benzene rings is 1. The summed E-state index contributed by atoms with van der Waals surface area (Å²) in [5.74, 6) is 1.03. The van der Waals surface area contributed by atoms with Crippen molar-refractivity contribution in [2.45, 2.75) is 25.8 Å². The van der Waals surface area contributed by atoms with Crippen LogP contribution < -0.4 is 10.2 Å². The van der Waals surface area contributed by atoms with Crippen LogP contribution in [0.25, 0.3) is 0 Å². The molecule has 134 valence electrons. The second kappa shape index (κ2) is 8.72. The standard InChI is InChI=1S/C20H27N3O2/c1-2-7-20(24)21-16-18(19-10-6-15-25-19)23-13-11-22(12-14-23)17-8-4-3-5-9-17/h3-6,8-10,15,18H,2,7,11-14,16H2,1H3,(H,21,24). The summed E-state index contributed by atoms with van der Waals surface area (Å²) >= 11 is 0. The van der Waals surface area contributed by atoms with Crippen molar-refractivity contribution in [1.29, 1.82) is 0 Å². The van der Waals surface area contributed by atoms with E-state index in [0.29, 0.717) is 13.0 Å². The van der Waals surface area contributed by atoms with Crippen molar-refractivity contribution in [3.05, 3.63) is 54.5 Å². The molecular formula is C20H27N3O2. The van der Waals surface area contributed by atoms with Crippen LogP contribution in [0.5, 0.6) is 0 Å². The first kappa shape index (κ1) is 17.5. The Morgan fingerprint density at radius 3 is 2.52 bits per heavy atom. The van der Waals surface area contributed by atoms with Crippen molar-refractivity contribution in [2.24, 2.45) is 0 Å². The highest BCUT2D eigenvalue weighted by Crippen LogP contribution is 2.24. The normalized spacial score (nSPS) is 16.6. The van der Waals surface area contributed by atoms with E-state index in [9.17, 15) is 4.79 Å². The third kappa shape index (κ3) is 4.63. The number of hydrogen-bond donors (Lipinski definition) is 1. The van der Waals surface area contributed by atoms with E-state index in [1.807, 2.05) is 25.1 Å². The SMILES string of the molecule is CCCC(=O)NCC(c1ccco1)N1CCN(c2ccccc2)CC1. The number of amides is 1. The third-order valence-corrected chi connectivity index (χ3v) is 4.72. The fourth-order valence-corrected chi connectivity index (χ4v) is 3.35. The fraction of sp³-hybridized carbons (Fsp3) is 0.450. The van der Waals surface area contributed by atoms with Crippen LogP contribution in [-0.4, -0.2) is 43.5 Å². The summed E-state index contributed by atoms with van der Waals surface area (Å²) in [5, 5.41) is 3.06. The van der Waals surface area contributed by atoms with Crippen molar-refractivity contribution in [1.82, 2.24) is 10.2 Å². The minimum absolute atomic E-state index is 0.0914. The van der Waals surface area contributed by atoms with Crippen molar-refractivity contribution in [3.8, 4) is 0 Å². The van der Waals surface area contributed by atoms with Crippen molar-refractivity contribution >= 4 is 11.6 Å². The predicted octanol–water partition coefficient (Wildman–Crippen LogP) is 3.06. The minimum Gasteiger partial charge on any atom is -0.468 e. The number of carbonyl (C=O) groups is 1. The molecule has 0 saturated carbocycles. The van der Waals surface area contributed by atoms with Gasteiger partial charge in [-0.2, -0.15) is 0 Å². The van der Waals surface area contributed by atoms with E-state index >= 15 is 0 Å². The average molecular weight is 341 g/mol. The van der Waals surface area contributed by atoms with Gasteiger partial charge in [-0.1, -0.05) is 25.1 Å². The lowest BCUT2D eigenvalue weighted by Gasteiger charge is -2.39. The largest absolute Gasteiger partial charge is 0.468 e. The first-order valence-corrected chi connectivity index (χ1v) is 9.12. The van der Waals surface area contributed by atoms with E-state index in [4.69, 9.17) is 4.42 Å². The maximum absolute atomic E-state index is 11.9. The van der Waals surface area contributed by atoms with Crippen molar-refractivity contribution in [2.75, 3.05) is 37.6 Å². The molecule has 0 spiro atoms. The highest BCUT2D eigenvalue weighted by molar-refractivity contribution is 5.75. The molecular weight excluding hydrogens is 314 g/mol. The molecule has 2 aromatic rings. The molecule has 1 N–H and O–H groups in total. The van der Waals surface area contributed by atoms with Gasteiger partial charge in [0.1, 0.15) is 5.76 Å². The molecule has 5 nitrogen and oxygen atoms in total. The molecule has 1 aromatic heterocycles. The summed E-state index contributed by atoms with van der Waals surface area (Å²) in [7, 11) is 0. The molecule has 1 aromatic carbocycles. The molecule has 0 bridgehead atoms. The molecule has 1 unspecified atom stereocenters. The molecule has 2 heterocycles. The molecule has 1 amide bonds. The van der Waals surface area contributed by atoms with Crippen LogP contribution >= 0.6 is 0 Å². The topological polar surface area (TPSA) is 48.7 Å². The van der Waals surface area contributed by atoms with Gasteiger partial charge in [0.05, 0.1) is 12.3 Å². The van der Waals surface area contributed by atoms with Gasteiger partial charge in [0.15, 0.2) is 0 Å². The van der Waals surface area contributed by atoms with Gasteiger partial charge in [-0.05, 0) is 30.7 Å². The number of furan rings is 1. The van der Waals surface area contributed by atoms with Gasteiger partial charge in [-0.3, -0.25) is 9.69 Å². The smallest absolute Gasteiger partial charge is 0.220 e. The van der Waals surface area contributed by atoms with E-state index in [1.165, 1.54) is 5.69 Å². The van der Waals surface area contributed by atoms with Crippen LogP contribution in [-0.2, 0) is 4.79 Å². The summed E-state index contributed by atoms with van der Waals surface area (Å²) < 4.78 is 5.65. The van der Waals surface area contributed by atoms with Gasteiger partial charge in [-0.25, -0.2) is 0 Å². The molecule has 0 radical (unpaired) electrons. The van der Waals surface area contributed by atoms with Crippen LogP contribution in [0.1, 0.15) is 31.6 Å². The van der Waals surface area contributed by atoms with Gasteiger partial charge < -0.3 is 14.6 Å². The lowest BCUT2D eigenvalue weighted by Crippen LogP contribution is -2.49. The number of rotatable bonds is 7. The summed E-state index contributed by atoms with van der Waals surface area (Å²) in [6.07, 6.45) is 3.15. The first-order chi connectivity index (χ1) is 12.3. The summed E-state index contributed by atoms with van der Waals surface area (Å²) in [6.45, 7) is 6.46. The van der Waals surface area contributed by atoms with Crippen LogP contribution in [0.3, 0.4) is 0 Å². The monoisotopic (exact) mass is 341 g/mol. The number of hydrogen-bond acceptors (Lipinski definition) is 4. The Kier molecular flexibility index (Phi) is 6.12. The quantitative estimate of drug-likeness (QED) is 0.841. The lowest BCUT2D eigenvalue weighted by atomic mass is 10.1. The van der Waals surface area contributed by atoms with Gasteiger partial charge in [0.25, 0.3) is 0 Å². The van der Waals surface area contributed by atoms with E-state index < -0.39 is 0 Å². The van der Waals surface area contributed by atoms with Gasteiger partial charge in [-0.15, -0.1) is 0 Å². The Hall–Kier alpha value is -2.27. The highest BCUT2D eigenvalue weighted by Gasteiger charge is 2.27. The second-order valence-corrected chi connectivity index (χ2v) is 6.44. The highest BCUT2D eigenvalue weighted by atomic mass is 16.3. The molecule has 5 heteroatoms. The third-order valence-electron chi connectivity index (χ3n) is 4.72. The molecule has 0 aliphatic carbocycles. The summed E-state index contributed by atoms with van der Waals surface area (Å²) in [5.41, 5.74) is 1.27. The Morgan fingerprint density at radius 2 is 1.88 bits per heavy atom. The maximum atomic E-state index is 11.9. The molecule has 1 aliphatic heterocycles. The number of carbonyl (C=O) groups excluding carboxylic acids is 1. The molecule has 1 fully saturated rings. The van der Waals surface area contributed by atoms with Crippen LogP contribution in [0.4, 0.5) is 5.69 Å². The lowest BCUT2D eigenvalue weighted by molar-refractivity contribution is -0.121. The zero-order valence-corrected chi connectivity index (χ0v) is 14.9. The Labute approximate surface area is 149 Å². The van der Waals surface area contributed by atoms with Crippen LogP contribution in [0.2, 0.25) is 0 Å². The fourth-order valence-electron chi connectivity index (χ4n) is 3.35. The zero-order valence-electron chi connectivity index (χ0n) is 14.9. The van der Waals surface area contributed by atoms with E-state index in [0.717, 1.165) is 38.4 Å². The number of nitrogens with zero attached hydrogens (tertiary/aromatic N) is 2. The average Bonchev–Trinajstić information content (AvgIpc) is 3.18. The van der Waals surface area contributed by atoms with E-state index in [1.54, 1.807) is 6.26 Å². The zero-order chi connectivity index (χ0) is 17.5. The van der Waals surface area contributed by atoms with Crippen molar-refractivity contribution in [3.63, 3.8) is 0 Å². The molecule has 3 rings (SSSR count). The maximum Gasteiger partial charge on any atom is 0.220 e. The second-order valence-electron chi connectivity index (χ2n) is 6.44. The minimum atomic E-state index is 0.0914. The van der Waals surface area contributed by atoms with Crippen LogP contribution in [0.15, 0.2) is 53.1 Å². The Bertz CT molecular complexity index is 634. The summed E-state index contributed by atoms with van der Waals surface area (Å²) in [6, 6.07) is 14.5. The molecule has 1 saturated heterocycles.